The third-order valence-corrected chi connectivity index (χ3v) is 8.40. The fourth-order valence-electron chi connectivity index (χ4n) is 4.49. The Labute approximate surface area is 259 Å². The molecule has 3 amide bonds. The van der Waals surface area contributed by atoms with Crippen molar-refractivity contribution in [1.82, 2.24) is 14.8 Å². The van der Waals surface area contributed by atoms with Gasteiger partial charge in [-0.1, -0.05) is 23.9 Å². The number of halogens is 3. The van der Waals surface area contributed by atoms with Crippen LogP contribution in [0.5, 0.6) is 0 Å². The van der Waals surface area contributed by atoms with Gasteiger partial charge in [-0.3, -0.25) is 9.69 Å². The van der Waals surface area contributed by atoms with Gasteiger partial charge in [0, 0.05) is 28.8 Å². The maximum atomic E-state index is 13.0. The number of benzene rings is 3. The number of hydrogen-bond acceptors (Lipinski definition) is 7. The quantitative estimate of drug-likeness (QED) is 0.208. The van der Waals surface area contributed by atoms with Crippen LogP contribution < -0.4 is 10.2 Å². The van der Waals surface area contributed by atoms with Gasteiger partial charge < -0.3 is 10.1 Å². The lowest BCUT2D eigenvalue weighted by Crippen LogP contribution is -2.31. The smallest absolute Gasteiger partial charge is 0.377 e. The number of aryl methyl sites for hydroxylation is 2. The van der Waals surface area contributed by atoms with Gasteiger partial charge in [0.15, 0.2) is 11.0 Å². The van der Waals surface area contributed by atoms with Crippen molar-refractivity contribution >= 4 is 52.0 Å². The number of anilines is 2. The fourth-order valence-corrected chi connectivity index (χ4v) is 5.89. The van der Waals surface area contributed by atoms with Gasteiger partial charge >= 0.3 is 11.5 Å². The van der Waals surface area contributed by atoms with E-state index in [0.29, 0.717) is 28.5 Å². The number of aromatic nitrogens is 3. The Morgan fingerprint density at radius 1 is 1.11 bits per heavy atom. The summed E-state index contributed by atoms with van der Waals surface area (Å²) in [5, 5.41) is 7.51. The Bertz CT molecular complexity index is 1740. The number of amides is 3. The highest BCUT2D eigenvalue weighted by Crippen LogP contribution is 2.37. The number of methoxy groups -OCH3 is 1. The van der Waals surface area contributed by atoms with E-state index in [4.69, 9.17) is 4.74 Å². The van der Waals surface area contributed by atoms with Crippen molar-refractivity contribution < 1.29 is 27.5 Å². The lowest BCUT2D eigenvalue weighted by molar-refractivity contribution is -0.115. The molecule has 1 saturated heterocycles. The van der Waals surface area contributed by atoms with Crippen LogP contribution in [0.25, 0.3) is 17.1 Å². The van der Waals surface area contributed by atoms with Crippen molar-refractivity contribution in [2.75, 3.05) is 23.1 Å². The number of rotatable bonds is 7. The zero-order chi connectivity index (χ0) is 31.6. The van der Waals surface area contributed by atoms with E-state index in [1.165, 1.54) is 51.9 Å². The van der Waals surface area contributed by atoms with Crippen LogP contribution in [0.4, 0.5) is 29.3 Å². The summed E-state index contributed by atoms with van der Waals surface area (Å²) in [4.78, 5) is 36.0. The summed E-state index contributed by atoms with van der Waals surface area (Å²) in [6, 6.07) is 16.2. The van der Waals surface area contributed by atoms with Crippen LogP contribution >= 0.6 is 23.5 Å². The molecule has 0 radical (unpaired) electrons. The molecule has 1 unspecified atom stereocenters. The number of ether oxygens (including phenoxy) is 1. The molecule has 3 aromatic carbocycles. The molecule has 228 valence electrons. The first-order chi connectivity index (χ1) is 20.9. The minimum absolute atomic E-state index is 0.0754. The lowest BCUT2D eigenvalue weighted by atomic mass is 10.0. The van der Waals surface area contributed by atoms with Crippen LogP contribution in [0.1, 0.15) is 29.7 Å². The number of aliphatic imine (C=N–C) groups is 1. The highest BCUT2D eigenvalue weighted by molar-refractivity contribution is 8.15. The molecule has 0 aliphatic carbocycles. The van der Waals surface area contributed by atoms with Crippen molar-refractivity contribution in [2.24, 2.45) is 4.99 Å². The number of amidine groups is 1. The largest absolute Gasteiger partial charge is 0.446 e. The zero-order valence-corrected chi connectivity index (χ0v) is 25.7. The maximum Gasteiger partial charge on any atom is 0.446 e. The Morgan fingerprint density at radius 3 is 2.55 bits per heavy atom. The van der Waals surface area contributed by atoms with Crippen molar-refractivity contribution in [1.29, 1.82) is 0 Å². The molecular formula is C30H27F3N6O3S2. The minimum Gasteiger partial charge on any atom is -0.377 e. The van der Waals surface area contributed by atoms with E-state index in [0.717, 1.165) is 16.7 Å². The van der Waals surface area contributed by atoms with E-state index in [-0.39, 0.29) is 39.6 Å². The second kappa shape index (κ2) is 12.8. The zero-order valence-electron chi connectivity index (χ0n) is 24.0. The Balaban J connectivity index is 1.31. The number of urea groups is 1. The molecule has 5 rings (SSSR count). The monoisotopic (exact) mass is 640 g/mol. The van der Waals surface area contributed by atoms with Gasteiger partial charge in [0.2, 0.25) is 5.91 Å². The van der Waals surface area contributed by atoms with Crippen LogP contribution in [0, 0.1) is 13.8 Å². The standard InChI is InChI=1S/C30H27F3N6O3S2/c1-17-5-11-23(19(3)42-4)25(13-17)39-26(40)15-43-29(39)36-28(41)35-24-12-6-20(14-18(24)2)27-34-16-38(37-27)21-7-9-22(10-8-21)44-30(31,32)33/h5-14,16,19H,15H2,1-4H3,(H,35,41). The Hall–Kier alpha value is -4.14. The molecule has 2 heterocycles. The summed E-state index contributed by atoms with van der Waals surface area (Å²) in [6.07, 6.45) is 1.20. The fraction of sp³-hybridized carbons (Fsp3) is 0.233. The first-order valence-corrected chi connectivity index (χ1v) is 15.1. The predicted molar refractivity (Wildman–Crippen MR) is 166 cm³/mol. The highest BCUT2D eigenvalue weighted by Gasteiger charge is 2.33. The molecule has 4 aromatic rings. The van der Waals surface area contributed by atoms with Gasteiger partial charge in [0.1, 0.15) is 6.33 Å². The molecule has 44 heavy (non-hydrogen) atoms. The number of carbonyl (C=O) groups excluding carboxylic acids is 2. The van der Waals surface area contributed by atoms with Crippen molar-refractivity contribution in [3.8, 4) is 17.1 Å². The minimum atomic E-state index is -4.36. The average molecular weight is 641 g/mol. The molecule has 9 nitrogen and oxygen atoms in total. The van der Waals surface area contributed by atoms with Crippen LogP contribution in [-0.4, -0.2) is 50.2 Å². The van der Waals surface area contributed by atoms with E-state index in [9.17, 15) is 22.8 Å². The van der Waals surface area contributed by atoms with Crippen LogP contribution in [0.2, 0.25) is 0 Å². The number of nitrogens with one attached hydrogen (secondary N) is 1. The first-order valence-electron chi connectivity index (χ1n) is 13.3. The predicted octanol–water partition coefficient (Wildman–Crippen LogP) is 7.54. The summed E-state index contributed by atoms with van der Waals surface area (Å²) >= 11 is 1.01. The third kappa shape index (κ3) is 7.14. The Kier molecular flexibility index (Phi) is 9.13. The molecule has 0 saturated carbocycles. The van der Waals surface area contributed by atoms with Crippen LogP contribution in [0.3, 0.4) is 0 Å². The number of carbonyl (C=O) groups is 2. The molecule has 1 atom stereocenters. The van der Waals surface area contributed by atoms with Gasteiger partial charge in [-0.25, -0.2) is 14.5 Å². The molecule has 1 aliphatic heterocycles. The number of nitrogens with zero attached hydrogens (tertiary/aromatic N) is 5. The van der Waals surface area contributed by atoms with E-state index in [1.54, 1.807) is 25.3 Å². The van der Waals surface area contributed by atoms with Gasteiger partial charge in [-0.05, 0) is 92.2 Å². The molecular weight excluding hydrogens is 613 g/mol. The average Bonchev–Trinajstić information content (AvgIpc) is 3.60. The van der Waals surface area contributed by atoms with Gasteiger partial charge in [0.05, 0.1) is 23.2 Å². The molecule has 1 aliphatic rings. The van der Waals surface area contributed by atoms with Crippen LogP contribution in [-0.2, 0) is 9.53 Å². The number of hydrogen-bond donors (Lipinski definition) is 1. The molecule has 1 fully saturated rings. The number of alkyl halides is 3. The van der Waals surface area contributed by atoms with Crippen LogP contribution in [0.15, 0.2) is 76.9 Å². The molecule has 0 spiro atoms. The van der Waals surface area contributed by atoms with Crippen molar-refractivity contribution in [3.05, 3.63) is 83.7 Å². The summed E-state index contributed by atoms with van der Waals surface area (Å²) in [7, 11) is 1.59. The summed E-state index contributed by atoms with van der Waals surface area (Å²) < 4.78 is 44.8. The Morgan fingerprint density at radius 2 is 1.86 bits per heavy atom. The molecule has 1 aromatic heterocycles. The maximum absolute atomic E-state index is 13.0. The highest BCUT2D eigenvalue weighted by atomic mass is 32.2. The van der Waals surface area contributed by atoms with Gasteiger partial charge in [0.25, 0.3) is 0 Å². The molecule has 14 heteroatoms. The van der Waals surface area contributed by atoms with Gasteiger partial charge in [-0.15, -0.1) is 5.10 Å². The van der Waals surface area contributed by atoms with E-state index in [1.807, 2.05) is 39.0 Å². The number of thioether (sulfide) groups is 2. The second-order valence-corrected chi connectivity index (χ2v) is 11.9. The SMILES string of the molecule is COC(C)c1ccc(C)cc1N1C(=O)CSC1=NC(=O)Nc1ccc(-c2ncn(-c3ccc(SC(F)(F)F)cc3)n2)cc1C. The van der Waals surface area contributed by atoms with E-state index in [2.05, 4.69) is 20.4 Å². The van der Waals surface area contributed by atoms with Crippen molar-refractivity contribution in [3.63, 3.8) is 0 Å². The lowest BCUT2D eigenvalue weighted by Gasteiger charge is -2.23. The molecule has 1 N–H and O–H groups in total. The third-order valence-electron chi connectivity index (χ3n) is 6.73. The molecule has 0 bridgehead atoms. The normalized spacial score (nSPS) is 15.2. The summed E-state index contributed by atoms with van der Waals surface area (Å²) in [5.41, 5.74) is 0.508. The second-order valence-electron chi connectivity index (χ2n) is 9.87. The summed E-state index contributed by atoms with van der Waals surface area (Å²) in [5.74, 6) is 0.376. The summed E-state index contributed by atoms with van der Waals surface area (Å²) in [6.45, 7) is 5.62. The first kappa shape index (κ1) is 31.3. The van der Waals surface area contributed by atoms with Gasteiger partial charge in [-0.2, -0.15) is 18.2 Å². The van der Waals surface area contributed by atoms with Crippen molar-refractivity contribution in [2.45, 2.75) is 37.3 Å². The van der Waals surface area contributed by atoms with E-state index < -0.39 is 11.5 Å². The van der Waals surface area contributed by atoms with E-state index >= 15 is 0 Å². The topological polar surface area (TPSA) is 102 Å².